The molecule has 4 aromatic rings. The van der Waals surface area contributed by atoms with Gasteiger partial charge < -0.3 is 38.6 Å². The zero-order chi connectivity index (χ0) is 50.0. The van der Waals surface area contributed by atoms with Gasteiger partial charge in [-0.05, 0) is 48.5 Å². The minimum Gasteiger partial charge on any atom is -0.744 e. The van der Waals surface area contributed by atoms with Gasteiger partial charge in [0.15, 0.2) is 0 Å². The van der Waals surface area contributed by atoms with Gasteiger partial charge in [-0.15, -0.1) is 0 Å². The van der Waals surface area contributed by atoms with E-state index in [1.54, 1.807) is 0 Å². The van der Waals surface area contributed by atoms with Crippen molar-refractivity contribution < 1.29 is 93.9 Å². The van der Waals surface area contributed by atoms with Crippen molar-refractivity contribution in [2.75, 3.05) is 0 Å². The van der Waals surface area contributed by atoms with Gasteiger partial charge in [0, 0.05) is 0 Å². The first kappa shape index (κ1) is 56.2. The summed E-state index contributed by atoms with van der Waals surface area (Å²) in [7, 11) is -21.3. The lowest BCUT2D eigenvalue weighted by atomic mass is 10.3. The van der Waals surface area contributed by atoms with E-state index in [4.69, 9.17) is 0 Å². The molecule has 1 aliphatic heterocycles. The second-order valence-electron chi connectivity index (χ2n) is 11.3. The Morgan fingerprint density at radius 2 is 0.438 bits per heavy atom. The van der Waals surface area contributed by atoms with Gasteiger partial charge in [0.25, 0.3) is 0 Å². The molecule has 0 aliphatic carbocycles. The second-order valence-corrected chi connectivity index (χ2v) is 21.2. The van der Waals surface area contributed by atoms with Crippen molar-refractivity contribution in [3.8, 4) is 23.0 Å². The molecule has 4 aromatic carbocycles. The Kier molecular flexibility index (Phi) is 19.5. The highest BCUT2D eigenvalue weighted by Crippen LogP contribution is 2.54. The molecular formula is C28H36N12O16S8. The Morgan fingerprint density at radius 1 is 0.344 bits per heavy atom. The summed E-state index contributed by atoms with van der Waals surface area (Å²) in [5.41, 5.74) is 36.7. The molecule has 0 atom stereocenters. The first-order valence-electron chi connectivity index (χ1n) is 15.4. The smallest absolute Gasteiger partial charge is 0.336 e. The van der Waals surface area contributed by atoms with E-state index in [2.05, 4.69) is 67.5 Å². The maximum absolute atomic E-state index is 12.0. The van der Waals surface area contributed by atoms with Crippen LogP contribution in [0.5, 0.6) is 23.0 Å². The van der Waals surface area contributed by atoms with Crippen molar-refractivity contribution in [3.63, 3.8) is 0 Å². The second kappa shape index (κ2) is 22.2. The van der Waals surface area contributed by atoms with Gasteiger partial charge in [0.05, 0.1) is 58.7 Å². The van der Waals surface area contributed by atoms with Crippen molar-refractivity contribution >= 4 is 111 Å². The average Bonchev–Trinajstić information content (AvgIpc) is 3.08. The predicted molar refractivity (Wildman–Crippen MR) is 222 cm³/mol. The number of aromatic hydroxyl groups is 4. The predicted octanol–water partition coefficient (Wildman–Crippen LogP) is -8.88. The molecule has 1 heterocycles. The summed E-state index contributed by atoms with van der Waals surface area (Å²) in [5.74, 6) is -3.76. The summed E-state index contributed by atoms with van der Waals surface area (Å²) < 4.78 is 144. The molecule has 5 rings (SSSR count). The lowest BCUT2D eigenvalue weighted by Gasteiger charge is -2.20. The number of phenolic OH excluding ortho intramolecular Hbond substituents is 4. The van der Waals surface area contributed by atoms with E-state index in [1.807, 2.05) is 0 Å². The molecule has 0 spiro atoms. The summed E-state index contributed by atoms with van der Waals surface area (Å²) >= 11 is 0.937. The monoisotopic (exact) mass is 1050 g/mol. The first-order valence-corrected chi connectivity index (χ1v) is 24.3. The van der Waals surface area contributed by atoms with Crippen LogP contribution in [0.4, 0.5) is 0 Å². The van der Waals surface area contributed by atoms with E-state index in [9.17, 15) is 72.3 Å². The van der Waals surface area contributed by atoms with Crippen LogP contribution in [0.2, 0.25) is 0 Å². The van der Waals surface area contributed by atoms with E-state index in [0.717, 1.165) is 0 Å². The Balaban J connectivity index is 0.00000110. The number of guanidine groups is 4. The van der Waals surface area contributed by atoms with Crippen LogP contribution in [-0.2, 0) is 40.5 Å². The Bertz CT molecular complexity index is 2450. The molecule has 0 saturated heterocycles. The quantitative estimate of drug-likeness (QED) is 0.0451. The van der Waals surface area contributed by atoms with Crippen molar-refractivity contribution in [2.45, 2.75) is 58.7 Å². The fourth-order valence-corrected chi connectivity index (χ4v) is 10.9. The largest absolute Gasteiger partial charge is 0.744 e. The molecule has 0 amide bonds. The highest BCUT2D eigenvalue weighted by molar-refractivity contribution is 8.01. The van der Waals surface area contributed by atoms with Crippen LogP contribution in [0.3, 0.4) is 0 Å². The van der Waals surface area contributed by atoms with E-state index < -0.39 is 122 Å². The molecule has 28 nitrogen and oxygen atoms in total. The van der Waals surface area contributed by atoms with Crippen LogP contribution >= 0.6 is 47.0 Å². The molecule has 0 unspecified atom stereocenters. The highest BCUT2D eigenvalue weighted by Gasteiger charge is 2.25. The van der Waals surface area contributed by atoms with Crippen LogP contribution < -0.4 is 67.5 Å². The molecular weight excluding hydrogens is 1020 g/mol. The lowest BCUT2D eigenvalue weighted by Crippen LogP contribution is -2.51. The number of fused-ring (bicyclic) bond motifs is 8. The maximum Gasteiger partial charge on any atom is 0.336 e. The van der Waals surface area contributed by atoms with Crippen LogP contribution in [0, 0.1) is 0 Å². The van der Waals surface area contributed by atoms with Crippen LogP contribution in [0.1, 0.15) is 0 Å². The Labute approximate surface area is 379 Å². The standard InChI is InChI=1S/C24H16O16S8.4CH5N3/c25-21-13-1-9(45(29,30)31)2-14(21)42-17-5-11(47(35,36)37)6-18(23(17)27)44-20-8-12(48(38,39)40)7-19(24(20)28)43-16-4-10(46(32,33)34)3-15(41-13)22(16)26;4*2-1(3)4/h1-8,25-28H,(H,29,30,31)(H,32,33,34)(H,35,36,37)(H,38,39,40);4*(H5,2,3,4). The molecule has 8 bridgehead atoms. The molecule has 64 heavy (non-hydrogen) atoms. The average molecular weight is 1050 g/mol. The Hall–Kier alpha value is -5.80. The van der Waals surface area contributed by atoms with E-state index in [1.165, 1.54) is 0 Å². The van der Waals surface area contributed by atoms with Gasteiger partial charge in [-0.25, -0.2) is 33.7 Å². The van der Waals surface area contributed by atoms with Gasteiger partial charge >= 0.3 is 23.8 Å². The molecule has 0 fully saturated rings. The fraction of sp³-hybridized carbons (Fsp3) is 0. The third-order valence-electron chi connectivity index (χ3n) is 6.09. The zero-order valence-corrected chi connectivity index (χ0v) is 38.0. The minimum absolute atomic E-state index is 0.0833. The topological polar surface area (TPSA) is 620 Å². The fourth-order valence-electron chi connectivity index (χ4n) is 3.91. The minimum atomic E-state index is -5.32. The zero-order valence-electron chi connectivity index (χ0n) is 31.5. The molecule has 352 valence electrons. The molecule has 28 N–H and O–H groups in total. The van der Waals surface area contributed by atoms with Crippen LogP contribution in [0.15, 0.2) is 107 Å². The number of hydrogen-bond acceptors (Lipinski definition) is 20. The summed E-state index contributed by atoms with van der Waals surface area (Å²) in [6.07, 6.45) is 0. The third-order valence-corrected chi connectivity index (χ3v) is 13.6. The van der Waals surface area contributed by atoms with Gasteiger partial charge in [0.1, 0.15) is 63.5 Å². The lowest BCUT2D eigenvalue weighted by molar-refractivity contribution is -0.117. The number of nitrogens with two attached hydrogens (primary N) is 12. The molecule has 0 aromatic heterocycles. The summed E-state index contributed by atoms with van der Waals surface area (Å²) in [4.78, 5) is -8.44. The highest BCUT2D eigenvalue weighted by atomic mass is 32.2. The van der Waals surface area contributed by atoms with E-state index >= 15 is 0 Å². The summed E-state index contributed by atoms with van der Waals surface area (Å²) in [5, 5.41) is 62.8. The molecule has 36 heteroatoms. The van der Waals surface area contributed by atoms with Crippen molar-refractivity contribution in [1.29, 1.82) is 0 Å². The summed E-state index contributed by atoms with van der Waals surface area (Å²) in [6.45, 7) is 0. The van der Waals surface area contributed by atoms with Gasteiger partial charge in [-0.1, -0.05) is 47.0 Å². The van der Waals surface area contributed by atoms with Crippen LogP contribution in [-0.4, -0.2) is 96.1 Å². The van der Waals surface area contributed by atoms with E-state index in [0.29, 0.717) is 48.5 Å². The molecule has 1 aliphatic rings. The van der Waals surface area contributed by atoms with E-state index in [-0.39, 0.29) is 70.9 Å². The van der Waals surface area contributed by atoms with Crippen molar-refractivity contribution in [3.05, 3.63) is 48.5 Å². The Morgan fingerprint density at radius 3 is 0.516 bits per heavy atom. The van der Waals surface area contributed by atoms with Crippen molar-refractivity contribution in [2.24, 2.45) is 45.9 Å². The SMILES string of the molecule is NC(N)=[NH2+].NC(N)=[NH2+].NC(N)=[NH2+].NC(N)=[NH2+].O=S(=O)([O-])c1cc2c(O)c(c1)Sc1cc(S(=O)(=O)[O-])cc(c1O)Sc1cc(S(=O)(=O)[O-])cc(c1O)Sc1cc(S(=O)(=O)[O-])cc(c1O)S2. The first-order chi connectivity index (χ1) is 28.9. The van der Waals surface area contributed by atoms with Crippen LogP contribution in [0.25, 0.3) is 0 Å². The molecule has 0 radical (unpaired) electrons. The van der Waals surface area contributed by atoms with Crippen molar-refractivity contribution in [1.82, 2.24) is 0 Å². The normalized spacial score (nSPS) is 12.1. The number of rotatable bonds is 4. The number of hydrogen-bond donors (Lipinski definition) is 16. The van der Waals surface area contributed by atoms with Gasteiger partial charge in [-0.2, -0.15) is 0 Å². The maximum atomic E-state index is 12.0. The van der Waals surface area contributed by atoms with Gasteiger partial charge in [-0.3, -0.25) is 67.5 Å². The number of phenols is 4. The third kappa shape index (κ3) is 17.8. The summed E-state index contributed by atoms with van der Waals surface area (Å²) in [6, 6.07) is 5.00. The number of benzene rings is 4. The van der Waals surface area contributed by atoms with Gasteiger partial charge in [0.2, 0.25) is 0 Å². The molecule has 0 saturated carbocycles.